The number of thioether (sulfide) groups is 1. The highest BCUT2D eigenvalue weighted by atomic mass is 32.2. The highest BCUT2D eigenvalue weighted by molar-refractivity contribution is 7.97. The maximum Gasteiger partial charge on any atom is 0.118 e. The second-order valence-corrected chi connectivity index (χ2v) is 5.28. The molecule has 1 aromatic heterocycles. The third-order valence-corrected chi connectivity index (χ3v) is 3.47. The van der Waals surface area contributed by atoms with Crippen LogP contribution >= 0.6 is 11.8 Å². The van der Waals surface area contributed by atoms with Gasteiger partial charge in [-0.2, -0.15) is 11.8 Å². The van der Waals surface area contributed by atoms with Gasteiger partial charge in [0.1, 0.15) is 11.5 Å². The molecule has 104 valence electrons. The highest BCUT2D eigenvalue weighted by Gasteiger charge is 2.02. The average molecular weight is 270 g/mol. The molecule has 0 aromatic carbocycles. The van der Waals surface area contributed by atoms with E-state index in [1.807, 2.05) is 0 Å². The molecule has 4 heteroatoms. The zero-order valence-electron chi connectivity index (χ0n) is 11.9. The van der Waals surface area contributed by atoms with E-state index in [0.29, 0.717) is 0 Å². The lowest BCUT2D eigenvalue weighted by molar-refractivity contribution is 0.286. The summed E-state index contributed by atoms with van der Waals surface area (Å²) in [6.45, 7) is 9.74. The first-order chi connectivity index (χ1) is 8.80. The molecule has 3 nitrogen and oxygen atoms in total. The van der Waals surface area contributed by atoms with Gasteiger partial charge in [-0.3, -0.25) is 0 Å². The summed E-state index contributed by atoms with van der Waals surface area (Å²) in [7, 11) is 0. The second-order valence-electron chi connectivity index (χ2n) is 4.41. The Morgan fingerprint density at radius 2 is 2.00 bits per heavy atom. The molecule has 0 aliphatic carbocycles. The van der Waals surface area contributed by atoms with Gasteiger partial charge in [0.15, 0.2) is 0 Å². The van der Waals surface area contributed by atoms with Crippen molar-refractivity contribution in [3.8, 4) is 0 Å². The van der Waals surface area contributed by atoms with Gasteiger partial charge in [0.05, 0.1) is 12.3 Å². The predicted octanol–water partition coefficient (Wildman–Crippen LogP) is 2.96. The topological polar surface area (TPSA) is 28.4 Å². The molecule has 0 saturated carbocycles. The molecule has 0 aliphatic rings. The van der Waals surface area contributed by atoms with Gasteiger partial charge < -0.3 is 14.6 Å². The van der Waals surface area contributed by atoms with Crippen molar-refractivity contribution in [1.82, 2.24) is 10.2 Å². The summed E-state index contributed by atoms with van der Waals surface area (Å²) >= 11 is 1.79. The fourth-order valence-corrected chi connectivity index (χ4v) is 2.37. The van der Waals surface area contributed by atoms with E-state index in [4.69, 9.17) is 4.42 Å². The number of likely N-dealkylation sites (N-methyl/N-ethyl adjacent to an activating group) is 1. The molecule has 0 atom stereocenters. The van der Waals surface area contributed by atoms with Crippen LogP contribution in [-0.2, 0) is 12.3 Å². The Bertz CT molecular complexity index is 314. The fraction of sp³-hybridized carbons (Fsp3) is 0.714. The van der Waals surface area contributed by atoms with Crippen molar-refractivity contribution in [2.24, 2.45) is 0 Å². The maximum atomic E-state index is 5.71. The molecule has 1 N–H and O–H groups in total. The van der Waals surface area contributed by atoms with Gasteiger partial charge >= 0.3 is 0 Å². The Balaban J connectivity index is 2.16. The molecule has 1 heterocycles. The average Bonchev–Trinajstić information content (AvgIpc) is 2.81. The Kier molecular flexibility index (Phi) is 8.22. The van der Waals surface area contributed by atoms with Crippen molar-refractivity contribution in [3.63, 3.8) is 0 Å². The lowest BCUT2D eigenvalue weighted by Gasteiger charge is -2.19. The Morgan fingerprint density at radius 1 is 1.22 bits per heavy atom. The van der Waals surface area contributed by atoms with Crippen molar-refractivity contribution < 1.29 is 4.42 Å². The third-order valence-electron chi connectivity index (χ3n) is 2.89. The molecule has 0 bridgehead atoms. The zero-order chi connectivity index (χ0) is 13.2. The summed E-state index contributed by atoms with van der Waals surface area (Å²) in [4.78, 5) is 2.47. The van der Waals surface area contributed by atoms with Crippen LogP contribution in [0.25, 0.3) is 0 Å². The van der Waals surface area contributed by atoms with Crippen LogP contribution in [0.15, 0.2) is 16.5 Å². The summed E-state index contributed by atoms with van der Waals surface area (Å²) in [6.07, 6.45) is 3.32. The quantitative estimate of drug-likeness (QED) is 0.662. The number of hydrogen-bond donors (Lipinski definition) is 1. The second kappa shape index (κ2) is 9.48. The molecule has 0 aliphatic heterocycles. The van der Waals surface area contributed by atoms with Crippen LogP contribution in [0.1, 0.15) is 31.8 Å². The van der Waals surface area contributed by atoms with Gasteiger partial charge in [-0.15, -0.1) is 0 Å². The SMILES string of the molecule is CCCN(CC)CCNCc1ccc(CSC)o1. The fourth-order valence-electron chi connectivity index (χ4n) is 1.93. The minimum Gasteiger partial charge on any atom is -0.464 e. The van der Waals surface area contributed by atoms with E-state index < -0.39 is 0 Å². The largest absolute Gasteiger partial charge is 0.464 e. The van der Waals surface area contributed by atoms with E-state index in [1.54, 1.807) is 11.8 Å². The molecule has 1 rings (SSSR count). The number of hydrogen-bond acceptors (Lipinski definition) is 4. The van der Waals surface area contributed by atoms with E-state index in [-0.39, 0.29) is 0 Å². The number of nitrogens with zero attached hydrogens (tertiary/aromatic N) is 1. The summed E-state index contributed by atoms with van der Waals surface area (Å²) in [5.41, 5.74) is 0. The van der Waals surface area contributed by atoms with E-state index in [1.165, 1.54) is 13.0 Å². The van der Waals surface area contributed by atoms with Crippen molar-refractivity contribution in [2.75, 3.05) is 32.4 Å². The van der Waals surface area contributed by atoms with Crippen LogP contribution in [0.4, 0.5) is 0 Å². The van der Waals surface area contributed by atoms with E-state index in [9.17, 15) is 0 Å². The van der Waals surface area contributed by atoms with Crippen LogP contribution in [0.5, 0.6) is 0 Å². The van der Waals surface area contributed by atoms with Crippen LogP contribution < -0.4 is 5.32 Å². The molecule has 0 amide bonds. The molecule has 18 heavy (non-hydrogen) atoms. The van der Waals surface area contributed by atoms with Crippen molar-refractivity contribution in [1.29, 1.82) is 0 Å². The standard InChI is InChI=1S/C14H26N2OS/c1-4-9-16(5-2)10-8-15-11-13-6-7-14(17-13)12-18-3/h6-7,15H,4-5,8-12H2,1-3H3. The first kappa shape index (κ1) is 15.6. The van der Waals surface area contributed by atoms with Crippen molar-refractivity contribution in [2.45, 2.75) is 32.6 Å². The number of furan rings is 1. The summed E-state index contributed by atoms with van der Waals surface area (Å²) < 4.78 is 5.71. The number of nitrogens with one attached hydrogen (secondary N) is 1. The van der Waals surface area contributed by atoms with E-state index >= 15 is 0 Å². The van der Waals surface area contributed by atoms with E-state index in [0.717, 1.165) is 43.5 Å². The highest BCUT2D eigenvalue weighted by Crippen LogP contribution is 2.12. The predicted molar refractivity (Wildman–Crippen MR) is 80.0 cm³/mol. The normalized spacial score (nSPS) is 11.3. The Labute approximate surface area is 115 Å². The maximum absolute atomic E-state index is 5.71. The molecule has 0 radical (unpaired) electrons. The van der Waals surface area contributed by atoms with Gasteiger partial charge in [-0.05, 0) is 37.9 Å². The lowest BCUT2D eigenvalue weighted by atomic mass is 10.4. The summed E-state index contributed by atoms with van der Waals surface area (Å²) in [5, 5.41) is 3.44. The molecule has 0 fully saturated rings. The molecule has 1 aromatic rings. The lowest BCUT2D eigenvalue weighted by Crippen LogP contribution is -2.32. The first-order valence-electron chi connectivity index (χ1n) is 6.79. The van der Waals surface area contributed by atoms with Crippen molar-refractivity contribution >= 4 is 11.8 Å². The van der Waals surface area contributed by atoms with Crippen LogP contribution in [0, 0.1) is 0 Å². The van der Waals surface area contributed by atoms with Gasteiger partial charge in [0.2, 0.25) is 0 Å². The van der Waals surface area contributed by atoms with E-state index in [2.05, 4.69) is 42.5 Å². The summed E-state index contributed by atoms with van der Waals surface area (Å²) in [6, 6.07) is 4.14. The van der Waals surface area contributed by atoms with Gasteiger partial charge in [0.25, 0.3) is 0 Å². The van der Waals surface area contributed by atoms with Gasteiger partial charge in [-0.1, -0.05) is 13.8 Å². The monoisotopic (exact) mass is 270 g/mol. The Morgan fingerprint density at radius 3 is 2.67 bits per heavy atom. The first-order valence-corrected chi connectivity index (χ1v) is 8.19. The minimum atomic E-state index is 0.831. The van der Waals surface area contributed by atoms with Crippen LogP contribution in [-0.4, -0.2) is 37.3 Å². The minimum absolute atomic E-state index is 0.831. The van der Waals surface area contributed by atoms with Gasteiger partial charge in [0, 0.05) is 13.1 Å². The third kappa shape index (κ3) is 5.94. The van der Waals surface area contributed by atoms with Crippen LogP contribution in [0.3, 0.4) is 0 Å². The summed E-state index contributed by atoms with van der Waals surface area (Å²) in [5.74, 6) is 3.07. The Hall–Kier alpha value is -0.450. The molecule has 0 saturated heterocycles. The number of rotatable bonds is 10. The molecule has 0 spiro atoms. The molecular weight excluding hydrogens is 244 g/mol. The van der Waals surface area contributed by atoms with Gasteiger partial charge in [-0.25, -0.2) is 0 Å². The molecule has 0 unspecified atom stereocenters. The molecular formula is C14H26N2OS. The smallest absolute Gasteiger partial charge is 0.118 e. The van der Waals surface area contributed by atoms with Crippen LogP contribution in [0.2, 0.25) is 0 Å². The zero-order valence-corrected chi connectivity index (χ0v) is 12.7. The van der Waals surface area contributed by atoms with Crippen molar-refractivity contribution in [3.05, 3.63) is 23.7 Å².